The second-order valence-electron chi connectivity index (χ2n) is 34.4. The summed E-state index contributed by atoms with van der Waals surface area (Å²) in [4.78, 5) is 290. The van der Waals surface area contributed by atoms with E-state index in [9.17, 15) is 111 Å². The molecule has 4 rings (SSSR count). The number of hydrogen-bond acceptors (Lipinski definition) is 24. The van der Waals surface area contributed by atoms with Crippen LogP contribution in [0.5, 0.6) is 0 Å². The third kappa shape index (κ3) is 36.6. The van der Waals surface area contributed by atoms with Crippen LogP contribution >= 0.6 is 0 Å². The minimum Gasteiger partial charge on any atom is -0.394 e. The number of aliphatic hydroxyl groups is 2. The summed E-state index contributed by atoms with van der Waals surface area (Å²) in [7, 11) is 0. The van der Waals surface area contributed by atoms with E-state index in [2.05, 4.69) is 101 Å². The fraction of sp³-hybridized carbons (Fsp3) is 0.626. The third-order valence-electron chi connectivity index (χ3n) is 23.3. The molecule has 0 saturated carbocycles. The number of amides is 21. The van der Waals surface area contributed by atoms with Crippen LogP contribution in [0.3, 0.4) is 0 Å². The van der Waals surface area contributed by atoms with Crippen LogP contribution in [-0.2, 0) is 107 Å². The molecule has 2 aliphatic rings. The van der Waals surface area contributed by atoms with E-state index in [1.165, 1.54) is 60.3 Å². The first kappa shape index (κ1) is 115. The molecular weight excluding hydrogens is 1770 g/mol. The lowest BCUT2D eigenvalue weighted by molar-refractivity contribution is -0.143. The number of nitrogens with one attached hydrogen (secondary N) is 18. The summed E-state index contributed by atoms with van der Waals surface area (Å²) in [6, 6.07) is -5.69. The Kier molecular flexibility index (Phi) is 48.8. The zero-order valence-electron chi connectivity index (χ0n) is 80.3. The quantitative estimate of drug-likeness (QED) is 0.0302. The number of benzene rings is 2. The van der Waals surface area contributed by atoms with E-state index < -0.39 is 265 Å². The Bertz CT molecular complexity index is 4540. The summed E-state index contributed by atoms with van der Waals surface area (Å²) in [6.07, 6.45) is 0.995. The van der Waals surface area contributed by atoms with Crippen LogP contribution in [0, 0.1) is 5.92 Å². The van der Waals surface area contributed by atoms with Gasteiger partial charge in [-0.1, -0.05) is 125 Å². The SMILES string of the molecule is CC[C@H](NC(=O)CNC(=O)[C@H](CCC(N)=O)NC(=O)[C@H](CC(C)C)NC(=O)[C@H](CC)NC(=O)[C@H](CC)NC(=O)[C@H](CO)NC(=O)[C@H](CC)NC(=O)[C@H](Cc1ccccc1)NC(C)=O)C(=O)N[C@@H](CC)C(=O)N[C@@H](C)C(=O)N[C@@H](C)C(=O)N[C@@H](CC)C(=O)N1CCC[C@H]1C(=O)N[C@](C)(CC)C(=O)N[C@@H](CC)C(=O)N[C@@H](CC)C(=O)N[C@@H](CCC(N)=O)C(=O)NC(CO)CC1C=Nc2ccccc21. The zero-order valence-corrected chi connectivity index (χ0v) is 80.3. The van der Waals surface area contributed by atoms with Crippen molar-refractivity contribution in [2.45, 2.75) is 334 Å². The summed E-state index contributed by atoms with van der Waals surface area (Å²) >= 11 is 0. The van der Waals surface area contributed by atoms with Crippen molar-refractivity contribution in [3.05, 3.63) is 65.7 Å². The highest BCUT2D eigenvalue weighted by atomic mass is 16.3. The number of aliphatic hydroxyl groups excluding tert-OH is 2. The number of fused-ring (bicyclic) bond motifs is 1. The van der Waals surface area contributed by atoms with Crippen molar-refractivity contribution in [2.24, 2.45) is 22.4 Å². The Hall–Kier alpha value is -13.1. The largest absolute Gasteiger partial charge is 0.394 e. The molecule has 2 heterocycles. The number of hydrogen-bond donors (Lipinski definition) is 22. The minimum absolute atomic E-state index is 0.00752. The number of carbonyl (C=O) groups is 21. The number of para-hydroxylation sites is 1. The van der Waals surface area contributed by atoms with Crippen molar-refractivity contribution in [1.29, 1.82) is 0 Å². The van der Waals surface area contributed by atoms with Gasteiger partial charge >= 0.3 is 0 Å². The van der Waals surface area contributed by atoms with Gasteiger partial charge in [-0.3, -0.25) is 106 Å². The maximum absolute atomic E-state index is 14.3. The molecule has 2 aromatic rings. The van der Waals surface area contributed by atoms with Gasteiger partial charge in [0, 0.05) is 44.9 Å². The first-order chi connectivity index (χ1) is 64.3. The van der Waals surface area contributed by atoms with Gasteiger partial charge in [-0.15, -0.1) is 0 Å². The van der Waals surface area contributed by atoms with Crippen molar-refractivity contribution in [1.82, 2.24) is 101 Å². The van der Waals surface area contributed by atoms with Gasteiger partial charge in [-0.05, 0) is 140 Å². The molecule has 1 fully saturated rings. The van der Waals surface area contributed by atoms with Crippen LogP contribution in [0.4, 0.5) is 5.69 Å². The standard InChI is InChI=1S/C91H142N22O23/c1-16-56(100-73(119)45-95-76(122)65(36-38-71(92)117)107-85(131)67(41-48(10)11)109-81(127)60(20-5)102-79(125)58(18-3)105-87(133)69(47-115)110-82(128)61(21-6)104-86(132)68(98-51(14)116)42-52-31-26-25-27-32-52)78(124)101-57(17-2)77(123)97-49(12)74(120)96-50(13)75(121)106-63(23-8)89(135)113-40-30-35-70(113)88(134)112-91(15,24-9)90(136)111-62(22-7)83(129)103-59(19-4)80(126)108-66(37-39-72(93)118)84(130)99-54(46-114)43-53-44-94-64-34-29-28-33-55(53)64/h25-29,31-34,44,48-50,53-54,56-63,65-70,114-115H,16-24,30,35-43,45-47H2,1-15H3,(H2,92,117)(H2,93,118)(H,95,122)(H,96,120)(H,97,123)(H,98,116)(H,99,130)(H,100,119)(H,101,124)(H,102,125)(H,103,129)(H,104,132)(H,105,133)(H,106,121)(H,107,131)(H,108,126)(H,109,127)(H,110,128)(H,111,136)(H,112,134)/t49-,50-,53?,54?,56-,57-,58-,59-,60-,61-,62-,63-,65-,66-,67-,68-,69-,70-,91+/m0/s1. The number of carbonyl (C=O) groups excluding carboxylic acids is 21. The van der Waals surface area contributed by atoms with Crippen LogP contribution in [0.15, 0.2) is 59.6 Å². The predicted molar refractivity (Wildman–Crippen MR) is 497 cm³/mol. The molecule has 24 N–H and O–H groups in total. The number of primary amides is 2. The summed E-state index contributed by atoms with van der Waals surface area (Å²) < 4.78 is 0. The second kappa shape index (κ2) is 57.6. The van der Waals surface area contributed by atoms with Crippen LogP contribution in [0.1, 0.15) is 230 Å². The summed E-state index contributed by atoms with van der Waals surface area (Å²) in [5.41, 5.74) is 11.6. The summed E-state index contributed by atoms with van der Waals surface area (Å²) in [5, 5.41) is 66.4. The Morgan fingerprint density at radius 1 is 0.434 bits per heavy atom. The molecule has 0 bridgehead atoms. The number of aliphatic imine (C=N–C) groups is 1. The molecule has 45 heteroatoms. The predicted octanol–water partition coefficient (Wildman–Crippen LogP) is -3.83. The monoisotopic (exact) mass is 1910 g/mol. The molecule has 754 valence electrons. The van der Waals surface area contributed by atoms with E-state index in [4.69, 9.17) is 11.5 Å². The minimum atomic E-state index is -1.68. The van der Waals surface area contributed by atoms with E-state index in [1.807, 2.05) is 24.3 Å². The van der Waals surface area contributed by atoms with Crippen LogP contribution in [0.2, 0.25) is 0 Å². The van der Waals surface area contributed by atoms with Gasteiger partial charge in [0.05, 0.1) is 31.5 Å². The first-order valence-electron chi connectivity index (χ1n) is 46.5. The molecular formula is C91H142N22O23. The molecule has 1 saturated heterocycles. The fourth-order valence-corrected chi connectivity index (χ4v) is 14.8. The molecule has 0 aliphatic carbocycles. The van der Waals surface area contributed by atoms with E-state index in [0.717, 1.165) is 16.8 Å². The molecule has 0 radical (unpaired) electrons. The molecule has 45 nitrogen and oxygen atoms in total. The Labute approximate surface area is 792 Å². The van der Waals surface area contributed by atoms with E-state index in [0.29, 0.717) is 6.42 Å². The molecule has 2 aliphatic heterocycles. The van der Waals surface area contributed by atoms with Gasteiger partial charge in [0.15, 0.2) is 0 Å². The van der Waals surface area contributed by atoms with E-state index in [-0.39, 0.29) is 115 Å². The fourth-order valence-electron chi connectivity index (χ4n) is 14.8. The normalized spacial score (nSPS) is 17.0. The molecule has 21 amide bonds. The van der Waals surface area contributed by atoms with Crippen molar-refractivity contribution < 1.29 is 111 Å². The van der Waals surface area contributed by atoms with Gasteiger partial charge in [0.1, 0.15) is 102 Å². The van der Waals surface area contributed by atoms with E-state index >= 15 is 0 Å². The average Bonchev–Trinajstić information content (AvgIpc) is 1.30. The Morgan fingerprint density at radius 2 is 0.824 bits per heavy atom. The van der Waals surface area contributed by atoms with Crippen molar-refractivity contribution in [3.8, 4) is 0 Å². The highest BCUT2D eigenvalue weighted by Gasteiger charge is 2.44. The lowest BCUT2D eigenvalue weighted by Crippen LogP contribution is -2.63. The summed E-state index contributed by atoms with van der Waals surface area (Å²) in [6.45, 7) is 20.7. The van der Waals surface area contributed by atoms with Gasteiger partial charge in [-0.2, -0.15) is 0 Å². The zero-order chi connectivity index (χ0) is 102. The number of nitrogens with zero attached hydrogens (tertiary/aromatic N) is 2. The average molecular weight is 1910 g/mol. The number of nitrogens with two attached hydrogens (primary N) is 2. The van der Waals surface area contributed by atoms with Gasteiger partial charge in [0.2, 0.25) is 124 Å². The van der Waals surface area contributed by atoms with Crippen LogP contribution in [-0.4, -0.2) is 280 Å². The third-order valence-corrected chi connectivity index (χ3v) is 23.3. The maximum atomic E-state index is 14.3. The molecule has 2 unspecified atom stereocenters. The Morgan fingerprint density at radius 3 is 1.28 bits per heavy atom. The molecule has 136 heavy (non-hydrogen) atoms. The topological polar surface area (TPSA) is 683 Å². The van der Waals surface area contributed by atoms with Gasteiger partial charge in [0.25, 0.3) is 0 Å². The molecule has 0 spiro atoms. The second-order valence-corrected chi connectivity index (χ2v) is 34.4. The number of rotatable bonds is 59. The maximum Gasteiger partial charge on any atom is 0.246 e. The molecule has 2 aromatic carbocycles. The summed E-state index contributed by atoms with van der Waals surface area (Å²) in [5.74, 6) is -17.7. The highest BCUT2D eigenvalue weighted by Crippen LogP contribution is 2.34. The van der Waals surface area contributed by atoms with Crippen molar-refractivity contribution >= 4 is 136 Å². The number of likely N-dealkylation sites (tertiary alicyclic amines) is 1. The first-order valence-corrected chi connectivity index (χ1v) is 46.5. The molecule has 0 aromatic heterocycles. The lowest BCUT2D eigenvalue weighted by atomic mass is 9.94. The van der Waals surface area contributed by atoms with Gasteiger partial charge in [-0.25, -0.2) is 0 Å². The van der Waals surface area contributed by atoms with Crippen LogP contribution < -0.4 is 107 Å². The smallest absolute Gasteiger partial charge is 0.246 e. The van der Waals surface area contributed by atoms with E-state index in [1.54, 1.807) is 85.0 Å². The highest BCUT2D eigenvalue weighted by molar-refractivity contribution is 6.02. The van der Waals surface area contributed by atoms with Crippen LogP contribution in [0.25, 0.3) is 0 Å². The van der Waals surface area contributed by atoms with Crippen molar-refractivity contribution in [3.63, 3.8) is 0 Å². The van der Waals surface area contributed by atoms with Crippen molar-refractivity contribution in [2.75, 3.05) is 26.3 Å². The Balaban J connectivity index is 1.29. The van der Waals surface area contributed by atoms with Gasteiger partial charge < -0.3 is 122 Å². The molecule has 19 atom stereocenters. The lowest BCUT2D eigenvalue weighted by Gasteiger charge is -2.34.